The number of carbonyl (C=O) groups is 1. The molecule has 1 aromatic heterocycles. The van der Waals surface area contributed by atoms with Crippen LogP contribution in [0.15, 0.2) is 53.3 Å². The van der Waals surface area contributed by atoms with E-state index < -0.39 is 6.04 Å². The van der Waals surface area contributed by atoms with Gasteiger partial charge in [-0.25, -0.2) is 4.68 Å². The van der Waals surface area contributed by atoms with E-state index in [1.54, 1.807) is 16.3 Å². The van der Waals surface area contributed by atoms with Gasteiger partial charge in [-0.3, -0.25) is 14.3 Å². The van der Waals surface area contributed by atoms with Gasteiger partial charge in [0.2, 0.25) is 5.91 Å². The van der Waals surface area contributed by atoms with Gasteiger partial charge in [0.25, 0.3) is 5.56 Å². The number of aromatic nitrogens is 2. The summed E-state index contributed by atoms with van der Waals surface area (Å²) < 4.78 is 3.37. The number of para-hydroxylation sites is 1. The molecule has 2 N–H and O–H groups in total. The lowest BCUT2D eigenvalue weighted by atomic mass is 10.1. The highest BCUT2D eigenvalue weighted by Crippen LogP contribution is 2.17. The van der Waals surface area contributed by atoms with Gasteiger partial charge in [0.15, 0.2) is 0 Å². The van der Waals surface area contributed by atoms with Crippen molar-refractivity contribution in [3.63, 3.8) is 0 Å². The van der Waals surface area contributed by atoms with Crippen LogP contribution >= 0.6 is 0 Å². The summed E-state index contributed by atoms with van der Waals surface area (Å²) >= 11 is 0. The summed E-state index contributed by atoms with van der Waals surface area (Å²) in [7, 11) is 1.83. The molecular weight excluding hydrogens is 352 g/mol. The van der Waals surface area contributed by atoms with Crippen LogP contribution in [0.1, 0.15) is 23.7 Å². The molecule has 0 saturated heterocycles. The standard InChI is InChI=1S/C22H26N4O2/c1-14-11-12-18(13-15(14)2)24-21(27)16(3)23-20-17(4)25(5)26(22(20)28)19-9-7-6-8-10-19/h6-13,16,23H,1-5H3,(H,24,27). The van der Waals surface area contributed by atoms with Crippen LogP contribution in [0.5, 0.6) is 0 Å². The Morgan fingerprint density at radius 1 is 1.00 bits per heavy atom. The number of aryl methyl sites for hydroxylation is 2. The minimum atomic E-state index is -0.570. The average molecular weight is 378 g/mol. The minimum Gasteiger partial charge on any atom is -0.368 e. The molecule has 3 aromatic rings. The first-order valence-electron chi connectivity index (χ1n) is 9.28. The molecule has 1 atom stereocenters. The summed E-state index contributed by atoms with van der Waals surface area (Å²) in [6.45, 7) is 7.64. The van der Waals surface area contributed by atoms with Crippen LogP contribution in [0.4, 0.5) is 11.4 Å². The predicted octanol–water partition coefficient (Wildman–Crippen LogP) is 3.54. The van der Waals surface area contributed by atoms with Gasteiger partial charge in [-0.1, -0.05) is 24.3 Å². The number of rotatable bonds is 5. The molecule has 1 heterocycles. The number of nitrogens with one attached hydrogen (secondary N) is 2. The number of carbonyl (C=O) groups excluding carboxylic acids is 1. The SMILES string of the molecule is Cc1ccc(NC(=O)C(C)Nc2c(C)n(C)n(-c3ccccc3)c2=O)cc1C. The summed E-state index contributed by atoms with van der Waals surface area (Å²) in [6, 6.07) is 14.7. The lowest BCUT2D eigenvalue weighted by Gasteiger charge is -2.15. The number of nitrogens with zero attached hydrogens (tertiary/aromatic N) is 2. The zero-order chi connectivity index (χ0) is 20.4. The van der Waals surface area contributed by atoms with Crippen LogP contribution in [0.2, 0.25) is 0 Å². The van der Waals surface area contributed by atoms with Crippen molar-refractivity contribution in [2.45, 2.75) is 33.7 Å². The second kappa shape index (κ2) is 7.76. The van der Waals surface area contributed by atoms with Crippen molar-refractivity contribution in [3.8, 4) is 5.69 Å². The lowest BCUT2D eigenvalue weighted by Crippen LogP contribution is -2.34. The van der Waals surface area contributed by atoms with Crippen molar-refractivity contribution in [2.75, 3.05) is 10.6 Å². The first-order valence-corrected chi connectivity index (χ1v) is 9.28. The van der Waals surface area contributed by atoms with Gasteiger partial charge in [0.1, 0.15) is 11.7 Å². The van der Waals surface area contributed by atoms with Crippen molar-refractivity contribution >= 4 is 17.3 Å². The molecule has 0 bridgehead atoms. The fourth-order valence-electron chi connectivity index (χ4n) is 3.09. The van der Waals surface area contributed by atoms with Gasteiger partial charge < -0.3 is 10.6 Å². The summed E-state index contributed by atoms with van der Waals surface area (Å²) in [6.07, 6.45) is 0. The Labute approximate surface area is 164 Å². The molecule has 0 fully saturated rings. The maximum Gasteiger partial charge on any atom is 0.295 e. The Kier molecular flexibility index (Phi) is 5.40. The van der Waals surface area contributed by atoms with Crippen molar-refractivity contribution in [3.05, 3.63) is 75.7 Å². The van der Waals surface area contributed by atoms with E-state index in [0.717, 1.165) is 22.6 Å². The van der Waals surface area contributed by atoms with Gasteiger partial charge in [0, 0.05) is 12.7 Å². The Morgan fingerprint density at radius 2 is 1.68 bits per heavy atom. The molecule has 3 rings (SSSR count). The minimum absolute atomic E-state index is 0.183. The Balaban J connectivity index is 1.82. The molecule has 0 aliphatic rings. The summed E-state index contributed by atoms with van der Waals surface area (Å²) in [5.74, 6) is -0.197. The zero-order valence-electron chi connectivity index (χ0n) is 16.9. The van der Waals surface area contributed by atoms with Gasteiger partial charge in [0.05, 0.1) is 11.4 Å². The van der Waals surface area contributed by atoms with E-state index in [0.29, 0.717) is 5.69 Å². The highest BCUT2D eigenvalue weighted by Gasteiger charge is 2.20. The van der Waals surface area contributed by atoms with Crippen molar-refractivity contribution < 1.29 is 4.79 Å². The molecule has 0 saturated carbocycles. The molecule has 1 unspecified atom stereocenters. The molecular formula is C22H26N4O2. The van der Waals surface area contributed by atoms with E-state index in [1.165, 1.54) is 5.56 Å². The predicted molar refractivity (Wildman–Crippen MR) is 113 cm³/mol. The van der Waals surface area contributed by atoms with Gasteiger partial charge in [-0.15, -0.1) is 0 Å². The second-order valence-electron chi connectivity index (χ2n) is 7.09. The molecule has 2 aromatic carbocycles. The normalized spacial score (nSPS) is 11.9. The molecule has 0 aliphatic carbocycles. The number of anilines is 2. The van der Waals surface area contributed by atoms with Crippen molar-refractivity contribution in [1.82, 2.24) is 9.36 Å². The number of benzene rings is 2. The molecule has 1 amide bonds. The maximum atomic E-state index is 13.0. The smallest absolute Gasteiger partial charge is 0.295 e. The van der Waals surface area contributed by atoms with Crippen molar-refractivity contribution in [1.29, 1.82) is 0 Å². The number of hydrogen-bond acceptors (Lipinski definition) is 3. The second-order valence-corrected chi connectivity index (χ2v) is 7.09. The first-order chi connectivity index (χ1) is 13.3. The summed E-state index contributed by atoms with van der Waals surface area (Å²) in [4.78, 5) is 25.6. The lowest BCUT2D eigenvalue weighted by molar-refractivity contribution is -0.116. The van der Waals surface area contributed by atoms with Gasteiger partial charge in [-0.05, 0) is 63.1 Å². The third kappa shape index (κ3) is 3.71. The summed E-state index contributed by atoms with van der Waals surface area (Å²) in [5.41, 5.74) is 4.81. The molecule has 6 nitrogen and oxygen atoms in total. The monoisotopic (exact) mass is 378 g/mol. The third-order valence-electron chi connectivity index (χ3n) is 5.08. The van der Waals surface area contributed by atoms with Crippen LogP contribution < -0.4 is 16.2 Å². The maximum absolute atomic E-state index is 13.0. The largest absolute Gasteiger partial charge is 0.368 e. The van der Waals surface area contributed by atoms with Crippen molar-refractivity contribution in [2.24, 2.45) is 7.05 Å². The van der Waals surface area contributed by atoms with E-state index >= 15 is 0 Å². The van der Waals surface area contributed by atoms with E-state index in [-0.39, 0.29) is 11.5 Å². The van der Waals surface area contributed by atoms with Gasteiger partial charge >= 0.3 is 0 Å². The van der Waals surface area contributed by atoms with Crippen LogP contribution in [-0.2, 0) is 11.8 Å². The molecule has 0 aliphatic heterocycles. The fourth-order valence-corrected chi connectivity index (χ4v) is 3.09. The Morgan fingerprint density at radius 3 is 2.32 bits per heavy atom. The molecule has 146 valence electrons. The molecule has 28 heavy (non-hydrogen) atoms. The van der Waals surface area contributed by atoms with Crippen LogP contribution in [-0.4, -0.2) is 21.3 Å². The first kappa shape index (κ1) is 19.5. The molecule has 0 radical (unpaired) electrons. The molecule has 6 heteroatoms. The molecule has 0 spiro atoms. The van der Waals surface area contributed by atoms with E-state index in [2.05, 4.69) is 10.6 Å². The quantitative estimate of drug-likeness (QED) is 0.714. The zero-order valence-corrected chi connectivity index (χ0v) is 16.9. The Bertz CT molecular complexity index is 1060. The topological polar surface area (TPSA) is 68.1 Å². The van der Waals surface area contributed by atoms with E-state index in [4.69, 9.17) is 0 Å². The van der Waals surface area contributed by atoms with E-state index in [1.807, 2.05) is 76.3 Å². The summed E-state index contributed by atoms with van der Waals surface area (Å²) in [5, 5.41) is 5.99. The highest BCUT2D eigenvalue weighted by atomic mass is 16.2. The third-order valence-corrected chi connectivity index (χ3v) is 5.08. The average Bonchev–Trinajstić information content (AvgIpc) is 2.88. The van der Waals surface area contributed by atoms with Crippen LogP contribution in [0.3, 0.4) is 0 Å². The number of hydrogen-bond donors (Lipinski definition) is 2. The van der Waals surface area contributed by atoms with Crippen LogP contribution in [0, 0.1) is 20.8 Å². The van der Waals surface area contributed by atoms with Gasteiger partial charge in [-0.2, -0.15) is 0 Å². The van der Waals surface area contributed by atoms with Crippen LogP contribution in [0.25, 0.3) is 5.69 Å². The number of amides is 1. The Hall–Kier alpha value is -3.28. The highest BCUT2D eigenvalue weighted by molar-refractivity contribution is 5.96. The van der Waals surface area contributed by atoms with E-state index in [9.17, 15) is 9.59 Å². The fraction of sp³-hybridized carbons (Fsp3) is 0.273.